The monoisotopic (exact) mass is 196 g/mol. The Morgan fingerprint density at radius 1 is 1.29 bits per heavy atom. The van der Waals surface area contributed by atoms with Gasteiger partial charge in [-0.25, -0.2) is 0 Å². The molecule has 14 heavy (non-hydrogen) atoms. The van der Waals surface area contributed by atoms with E-state index < -0.39 is 0 Å². The van der Waals surface area contributed by atoms with Gasteiger partial charge in [0.05, 0.1) is 0 Å². The Hall–Kier alpha value is -0.830. The number of nitrogens with two attached hydrogens (primary N) is 1. The molecule has 1 amide bonds. The summed E-state index contributed by atoms with van der Waals surface area (Å²) in [6.45, 7) is 8.25. The van der Waals surface area contributed by atoms with Crippen LogP contribution in [0.25, 0.3) is 0 Å². The van der Waals surface area contributed by atoms with Gasteiger partial charge in [-0.05, 0) is 52.3 Å². The normalized spacial score (nSPS) is 21.9. The number of amides is 1. The van der Waals surface area contributed by atoms with Crippen LogP contribution in [0.3, 0.4) is 0 Å². The Bertz CT molecular complexity index is 252. The summed E-state index contributed by atoms with van der Waals surface area (Å²) in [5.74, 6) is -0.298. The molecule has 1 aliphatic heterocycles. The smallest absolute Gasteiger partial charge is 0.244 e. The number of carbonyl (C=O) groups excluding carboxylic acids is 1. The molecule has 0 aliphatic carbocycles. The highest BCUT2D eigenvalue weighted by atomic mass is 16.1. The molecule has 1 aliphatic rings. The molecular formula is C11H20N2O. The molecule has 3 heteroatoms. The number of carbonyl (C=O) groups is 1. The maximum atomic E-state index is 11.0. The lowest BCUT2D eigenvalue weighted by molar-refractivity contribution is -0.114. The molecule has 0 aromatic carbocycles. The third-order valence-corrected chi connectivity index (χ3v) is 3.28. The van der Waals surface area contributed by atoms with Crippen LogP contribution in [0.2, 0.25) is 0 Å². The maximum absolute atomic E-state index is 11.0. The van der Waals surface area contributed by atoms with Crippen molar-refractivity contribution in [2.45, 2.75) is 39.7 Å². The van der Waals surface area contributed by atoms with Crippen LogP contribution >= 0.6 is 0 Å². The highest BCUT2D eigenvalue weighted by molar-refractivity contribution is 5.92. The van der Waals surface area contributed by atoms with Crippen molar-refractivity contribution < 1.29 is 4.79 Å². The van der Waals surface area contributed by atoms with E-state index in [1.54, 1.807) is 0 Å². The molecule has 0 aromatic rings. The zero-order chi connectivity index (χ0) is 10.7. The van der Waals surface area contributed by atoms with Crippen LogP contribution in [0.5, 0.6) is 0 Å². The predicted octanol–water partition coefficient (Wildman–Crippen LogP) is 1.29. The number of nitrogens with zero attached hydrogens (tertiary/aromatic N) is 1. The van der Waals surface area contributed by atoms with E-state index in [-0.39, 0.29) is 5.91 Å². The van der Waals surface area contributed by atoms with Crippen LogP contribution in [0.1, 0.15) is 33.6 Å². The minimum absolute atomic E-state index is 0.298. The number of likely N-dealkylation sites (tertiary alicyclic amines) is 1. The van der Waals surface area contributed by atoms with E-state index >= 15 is 0 Å². The minimum Gasteiger partial charge on any atom is -0.366 e. The van der Waals surface area contributed by atoms with Crippen molar-refractivity contribution in [3.05, 3.63) is 11.1 Å². The van der Waals surface area contributed by atoms with E-state index in [0.717, 1.165) is 18.7 Å². The molecule has 1 saturated heterocycles. The van der Waals surface area contributed by atoms with E-state index in [4.69, 9.17) is 5.73 Å². The predicted molar refractivity (Wildman–Crippen MR) is 57.8 cm³/mol. The molecule has 0 bridgehead atoms. The topological polar surface area (TPSA) is 46.3 Å². The van der Waals surface area contributed by atoms with Gasteiger partial charge < -0.3 is 5.73 Å². The summed E-state index contributed by atoms with van der Waals surface area (Å²) in [5.41, 5.74) is 7.08. The first kappa shape index (κ1) is 11.2. The Morgan fingerprint density at radius 3 is 2.21 bits per heavy atom. The average Bonchev–Trinajstić information content (AvgIpc) is 2.67. The van der Waals surface area contributed by atoms with Crippen molar-refractivity contribution >= 4 is 5.91 Å². The van der Waals surface area contributed by atoms with Crippen molar-refractivity contribution in [2.24, 2.45) is 5.73 Å². The molecule has 1 atom stereocenters. The summed E-state index contributed by atoms with van der Waals surface area (Å²) in [6.07, 6.45) is 2.54. The first-order valence-electron chi connectivity index (χ1n) is 5.25. The Morgan fingerprint density at radius 2 is 1.79 bits per heavy atom. The van der Waals surface area contributed by atoms with Gasteiger partial charge in [0, 0.05) is 11.6 Å². The Labute approximate surface area is 86.0 Å². The van der Waals surface area contributed by atoms with Crippen LogP contribution < -0.4 is 5.73 Å². The van der Waals surface area contributed by atoms with Crippen LogP contribution in [-0.4, -0.2) is 29.9 Å². The van der Waals surface area contributed by atoms with Gasteiger partial charge in [0.1, 0.15) is 0 Å². The third kappa shape index (κ3) is 2.35. The second-order valence-corrected chi connectivity index (χ2v) is 4.09. The molecule has 80 valence electrons. The van der Waals surface area contributed by atoms with Gasteiger partial charge in [-0.1, -0.05) is 0 Å². The number of hydrogen-bond donors (Lipinski definition) is 1. The fourth-order valence-electron chi connectivity index (χ4n) is 1.91. The average molecular weight is 196 g/mol. The standard InChI is InChI=1S/C11H20N2O/c1-8(9(2)11(12)14)10(3)13-6-4-5-7-13/h10H,4-7H2,1-3H3,(H2,12,14)/b9-8+. The quantitative estimate of drug-likeness (QED) is 0.691. The molecule has 3 nitrogen and oxygen atoms in total. The van der Waals surface area contributed by atoms with Gasteiger partial charge in [0.2, 0.25) is 5.91 Å². The Balaban J connectivity index is 2.72. The lowest BCUT2D eigenvalue weighted by Crippen LogP contribution is -2.32. The van der Waals surface area contributed by atoms with Crippen molar-refractivity contribution in [1.29, 1.82) is 0 Å². The summed E-state index contributed by atoms with van der Waals surface area (Å²) in [4.78, 5) is 13.4. The van der Waals surface area contributed by atoms with Crippen LogP contribution in [0.4, 0.5) is 0 Å². The minimum atomic E-state index is -0.298. The zero-order valence-electron chi connectivity index (χ0n) is 9.34. The number of primary amides is 1. The maximum Gasteiger partial charge on any atom is 0.244 e. The second kappa shape index (κ2) is 4.60. The van der Waals surface area contributed by atoms with Crippen molar-refractivity contribution in [1.82, 2.24) is 4.90 Å². The van der Waals surface area contributed by atoms with E-state index in [1.165, 1.54) is 12.8 Å². The summed E-state index contributed by atoms with van der Waals surface area (Å²) >= 11 is 0. The van der Waals surface area contributed by atoms with Gasteiger partial charge in [-0.15, -0.1) is 0 Å². The van der Waals surface area contributed by atoms with Crippen molar-refractivity contribution in [3.8, 4) is 0 Å². The first-order chi connectivity index (χ1) is 6.54. The molecular weight excluding hydrogens is 176 g/mol. The molecule has 1 rings (SSSR count). The highest BCUT2D eigenvalue weighted by Crippen LogP contribution is 2.19. The molecule has 2 N–H and O–H groups in total. The zero-order valence-corrected chi connectivity index (χ0v) is 9.34. The summed E-state index contributed by atoms with van der Waals surface area (Å²) in [7, 11) is 0. The lowest BCUT2D eigenvalue weighted by Gasteiger charge is -2.25. The molecule has 0 saturated carbocycles. The number of hydrogen-bond acceptors (Lipinski definition) is 2. The molecule has 1 heterocycles. The SMILES string of the molecule is C/C(C(N)=O)=C(/C)C(C)N1CCCC1. The summed E-state index contributed by atoms with van der Waals surface area (Å²) in [6, 6.07) is 0.352. The first-order valence-corrected chi connectivity index (χ1v) is 5.25. The fraction of sp³-hybridized carbons (Fsp3) is 0.727. The molecule has 1 unspecified atom stereocenters. The fourth-order valence-corrected chi connectivity index (χ4v) is 1.91. The highest BCUT2D eigenvalue weighted by Gasteiger charge is 2.20. The van der Waals surface area contributed by atoms with E-state index in [1.807, 2.05) is 13.8 Å². The van der Waals surface area contributed by atoms with Crippen LogP contribution in [0.15, 0.2) is 11.1 Å². The van der Waals surface area contributed by atoms with E-state index in [0.29, 0.717) is 11.6 Å². The van der Waals surface area contributed by atoms with Crippen molar-refractivity contribution in [3.63, 3.8) is 0 Å². The van der Waals surface area contributed by atoms with Crippen LogP contribution in [-0.2, 0) is 4.79 Å². The summed E-state index contributed by atoms with van der Waals surface area (Å²) < 4.78 is 0. The third-order valence-electron chi connectivity index (χ3n) is 3.28. The van der Waals surface area contributed by atoms with E-state index in [9.17, 15) is 4.79 Å². The van der Waals surface area contributed by atoms with Gasteiger partial charge in [0.15, 0.2) is 0 Å². The molecule has 1 fully saturated rings. The van der Waals surface area contributed by atoms with Crippen molar-refractivity contribution in [2.75, 3.05) is 13.1 Å². The van der Waals surface area contributed by atoms with Gasteiger partial charge in [0.25, 0.3) is 0 Å². The Kier molecular flexibility index (Phi) is 3.69. The van der Waals surface area contributed by atoms with Gasteiger partial charge >= 0.3 is 0 Å². The van der Waals surface area contributed by atoms with Crippen LogP contribution in [0, 0.1) is 0 Å². The summed E-state index contributed by atoms with van der Waals surface area (Å²) in [5, 5.41) is 0. The molecule has 0 spiro atoms. The van der Waals surface area contributed by atoms with Gasteiger partial charge in [-0.2, -0.15) is 0 Å². The molecule has 0 radical (unpaired) electrons. The largest absolute Gasteiger partial charge is 0.366 e. The lowest BCUT2D eigenvalue weighted by atomic mass is 10.0. The van der Waals surface area contributed by atoms with Gasteiger partial charge in [-0.3, -0.25) is 9.69 Å². The van der Waals surface area contributed by atoms with E-state index in [2.05, 4.69) is 11.8 Å². The second-order valence-electron chi connectivity index (χ2n) is 4.09. The molecule has 0 aromatic heterocycles. The number of rotatable bonds is 3.